The molecule has 3 rings (SSSR count). The molecule has 0 aromatic heterocycles. The van der Waals surface area contributed by atoms with Crippen molar-refractivity contribution in [2.75, 3.05) is 34.4 Å². The van der Waals surface area contributed by atoms with Crippen molar-refractivity contribution in [1.29, 1.82) is 0 Å². The van der Waals surface area contributed by atoms with E-state index in [0.29, 0.717) is 33.7 Å². The third kappa shape index (κ3) is 7.85. The van der Waals surface area contributed by atoms with Gasteiger partial charge >= 0.3 is 11.9 Å². The van der Waals surface area contributed by atoms with Crippen LogP contribution < -0.4 is 14.2 Å². The minimum atomic E-state index is -1.26. The van der Waals surface area contributed by atoms with Crippen LogP contribution in [0, 0.1) is 0 Å². The molecule has 1 atom stereocenters. The topological polar surface area (TPSA) is 106 Å². The normalized spacial score (nSPS) is 15.6. The van der Waals surface area contributed by atoms with Crippen molar-refractivity contribution in [1.82, 2.24) is 4.90 Å². The molecular weight excluding hydrogens is 473 g/mol. The zero-order valence-electron chi connectivity index (χ0n) is 18.4. The van der Waals surface area contributed by atoms with Crippen molar-refractivity contribution in [3.05, 3.63) is 63.7 Å². The number of fused-ring (bicyclic) bond motifs is 1. The second-order valence-electron chi connectivity index (χ2n) is 7.11. The maximum atomic E-state index is 9.55. The van der Waals surface area contributed by atoms with Gasteiger partial charge in [0.15, 0.2) is 11.5 Å². The Hall–Kier alpha value is -2.94. The van der Waals surface area contributed by atoms with Crippen molar-refractivity contribution in [2.24, 2.45) is 0 Å². The standard InChI is InChI=1S/C19H21Cl2NO3.C4H4O4/c1-22-7-6-12-8-17(23-2)18(24-3)10-14(12)19(11-22)25-13-4-5-15(20)16(21)9-13;5-3(6)1-2-4(7)8/h4-5,8-10,19H,6-7,11H2,1-3H3;1-2H,(H,5,6)(H,7,8)/b;2-1-. The van der Waals surface area contributed by atoms with E-state index in [1.807, 2.05) is 18.2 Å². The third-order valence-corrected chi connectivity index (χ3v) is 5.51. The lowest BCUT2D eigenvalue weighted by Gasteiger charge is -2.24. The lowest BCUT2D eigenvalue weighted by atomic mass is 10.00. The number of nitrogens with zero attached hydrogens (tertiary/aromatic N) is 1. The van der Waals surface area contributed by atoms with E-state index >= 15 is 0 Å². The van der Waals surface area contributed by atoms with Crippen molar-refractivity contribution in [2.45, 2.75) is 12.5 Å². The van der Waals surface area contributed by atoms with Gasteiger partial charge in [-0.15, -0.1) is 0 Å². The highest BCUT2D eigenvalue weighted by molar-refractivity contribution is 6.42. The minimum Gasteiger partial charge on any atom is -0.493 e. The first-order chi connectivity index (χ1) is 15.6. The molecule has 0 amide bonds. The van der Waals surface area contributed by atoms with Crippen LogP contribution in [0.25, 0.3) is 0 Å². The summed E-state index contributed by atoms with van der Waals surface area (Å²) in [5.41, 5.74) is 2.31. The quantitative estimate of drug-likeness (QED) is 0.568. The lowest BCUT2D eigenvalue weighted by molar-refractivity contribution is -0.134. The van der Waals surface area contributed by atoms with Crippen LogP contribution in [0.3, 0.4) is 0 Å². The molecule has 0 fully saturated rings. The van der Waals surface area contributed by atoms with Crippen LogP contribution in [0.15, 0.2) is 42.5 Å². The molecule has 1 heterocycles. The molecule has 0 saturated heterocycles. The van der Waals surface area contributed by atoms with Gasteiger partial charge in [-0.3, -0.25) is 0 Å². The third-order valence-electron chi connectivity index (χ3n) is 4.77. The first kappa shape index (κ1) is 26.3. The zero-order chi connectivity index (χ0) is 24.5. The van der Waals surface area contributed by atoms with Gasteiger partial charge in [0.05, 0.1) is 24.3 Å². The van der Waals surface area contributed by atoms with Crippen LogP contribution in [-0.4, -0.2) is 61.4 Å². The summed E-state index contributed by atoms with van der Waals surface area (Å²) in [6.07, 6.45) is 1.90. The molecule has 8 nitrogen and oxygen atoms in total. The van der Waals surface area contributed by atoms with Gasteiger partial charge in [0.1, 0.15) is 11.9 Å². The largest absolute Gasteiger partial charge is 0.493 e. The summed E-state index contributed by atoms with van der Waals surface area (Å²) >= 11 is 12.1. The van der Waals surface area contributed by atoms with Crippen LogP contribution in [0.2, 0.25) is 10.0 Å². The van der Waals surface area contributed by atoms with E-state index in [4.69, 9.17) is 47.6 Å². The van der Waals surface area contributed by atoms with Crippen molar-refractivity contribution in [3.8, 4) is 17.2 Å². The van der Waals surface area contributed by atoms with Gasteiger partial charge in [-0.05, 0) is 43.3 Å². The van der Waals surface area contributed by atoms with Crippen LogP contribution in [-0.2, 0) is 16.0 Å². The number of carboxylic acid groups (broad SMARTS) is 2. The van der Waals surface area contributed by atoms with E-state index in [-0.39, 0.29) is 6.10 Å². The van der Waals surface area contributed by atoms with E-state index in [2.05, 4.69) is 11.9 Å². The van der Waals surface area contributed by atoms with Gasteiger partial charge in [-0.25, -0.2) is 9.59 Å². The molecule has 2 aromatic carbocycles. The van der Waals surface area contributed by atoms with E-state index in [1.165, 1.54) is 5.56 Å². The number of methoxy groups -OCH3 is 2. The molecular formula is C23H25Cl2NO7. The molecule has 1 unspecified atom stereocenters. The summed E-state index contributed by atoms with van der Waals surface area (Å²) in [6.45, 7) is 1.71. The Morgan fingerprint density at radius 1 is 1.00 bits per heavy atom. The highest BCUT2D eigenvalue weighted by atomic mass is 35.5. The first-order valence-corrected chi connectivity index (χ1v) is 10.6. The molecule has 178 valence electrons. The van der Waals surface area contributed by atoms with Gasteiger partial charge in [0.2, 0.25) is 0 Å². The zero-order valence-corrected chi connectivity index (χ0v) is 19.9. The maximum Gasteiger partial charge on any atom is 0.328 e. The lowest BCUT2D eigenvalue weighted by Crippen LogP contribution is -2.26. The molecule has 0 radical (unpaired) electrons. The number of halogens is 2. The number of aliphatic carboxylic acids is 2. The van der Waals surface area contributed by atoms with E-state index in [9.17, 15) is 9.59 Å². The van der Waals surface area contributed by atoms with Crippen LogP contribution in [0.1, 0.15) is 17.2 Å². The smallest absolute Gasteiger partial charge is 0.328 e. The Bertz CT molecular complexity index is 1010. The van der Waals surface area contributed by atoms with Gasteiger partial charge < -0.3 is 29.3 Å². The predicted octanol–water partition coefficient (Wildman–Crippen LogP) is 4.33. The van der Waals surface area contributed by atoms with E-state index < -0.39 is 11.9 Å². The highest BCUT2D eigenvalue weighted by Crippen LogP contribution is 2.37. The molecule has 10 heteroatoms. The summed E-state index contributed by atoms with van der Waals surface area (Å²) < 4.78 is 17.2. The molecule has 2 N–H and O–H groups in total. The van der Waals surface area contributed by atoms with E-state index in [1.54, 1.807) is 26.4 Å². The van der Waals surface area contributed by atoms with E-state index in [0.717, 1.165) is 30.8 Å². The van der Waals surface area contributed by atoms with Gasteiger partial charge in [0, 0.05) is 36.9 Å². The minimum absolute atomic E-state index is 0.139. The monoisotopic (exact) mass is 497 g/mol. The molecule has 0 bridgehead atoms. The molecule has 1 aliphatic rings. The van der Waals surface area contributed by atoms with Crippen LogP contribution in [0.5, 0.6) is 17.2 Å². The number of benzene rings is 2. The summed E-state index contributed by atoms with van der Waals surface area (Å²) in [5.74, 6) is -0.386. The maximum absolute atomic E-state index is 9.55. The van der Waals surface area contributed by atoms with Gasteiger partial charge in [0.25, 0.3) is 0 Å². The van der Waals surface area contributed by atoms with Crippen LogP contribution in [0.4, 0.5) is 0 Å². The number of likely N-dealkylation sites (N-methyl/N-ethyl adjacent to an activating group) is 1. The molecule has 2 aromatic rings. The molecule has 0 aliphatic carbocycles. The summed E-state index contributed by atoms with van der Waals surface area (Å²) in [7, 11) is 5.38. The van der Waals surface area contributed by atoms with Gasteiger partial charge in [-0.1, -0.05) is 23.2 Å². The number of carboxylic acids is 2. The van der Waals surface area contributed by atoms with Crippen molar-refractivity contribution < 1.29 is 34.0 Å². The molecule has 33 heavy (non-hydrogen) atoms. The summed E-state index contributed by atoms with van der Waals surface area (Å²) in [5, 5.41) is 16.6. The Morgan fingerprint density at radius 3 is 2.15 bits per heavy atom. The van der Waals surface area contributed by atoms with Crippen LogP contribution >= 0.6 is 23.2 Å². The second kappa shape index (κ2) is 12.3. The fourth-order valence-corrected chi connectivity index (χ4v) is 3.48. The van der Waals surface area contributed by atoms with Crippen molar-refractivity contribution in [3.63, 3.8) is 0 Å². The Balaban J connectivity index is 0.000000414. The molecule has 1 aliphatic heterocycles. The Morgan fingerprint density at radius 2 is 1.61 bits per heavy atom. The second-order valence-corrected chi connectivity index (χ2v) is 7.92. The fraction of sp³-hybridized carbons (Fsp3) is 0.304. The Labute approximate surface area is 201 Å². The molecule has 0 spiro atoms. The van der Waals surface area contributed by atoms with Crippen molar-refractivity contribution >= 4 is 35.1 Å². The number of carbonyl (C=O) groups is 2. The number of rotatable bonds is 6. The molecule has 0 saturated carbocycles. The predicted molar refractivity (Wildman–Crippen MR) is 125 cm³/mol. The van der Waals surface area contributed by atoms with Gasteiger partial charge in [-0.2, -0.15) is 0 Å². The average Bonchev–Trinajstić information content (AvgIpc) is 2.92. The highest BCUT2D eigenvalue weighted by Gasteiger charge is 2.25. The number of hydrogen-bond acceptors (Lipinski definition) is 6. The fourth-order valence-electron chi connectivity index (χ4n) is 3.19. The number of ether oxygens (including phenoxy) is 3. The average molecular weight is 498 g/mol. The first-order valence-electron chi connectivity index (χ1n) is 9.83. The number of hydrogen-bond donors (Lipinski definition) is 2. The Kier molecular flexibility index (Phi) is 9.84. The summed E-state index contributed by atoms with van der Waals surface area (Å²) in [4.78, 5) is 21.4. The SMILES string of the molecule is COc1cc2c(cc1OC)C(Oc1ccc(Cl)c(Cl)c1)CN(C)CC2.O=C(O)/C=C\C(=O)O. The summed E-state index contributed by atoms with van der Waals surface area (Å²) in [6, 6.07) is 9.37.